The van der Waals surface area contributed by atoms with Crippen molar-refractivity contribution in [3.8, 4) is 11.8 Å². The minimum absolute atomic E-state index is 0.194. The van der Waals surface area contributed by atoms with Crippen molar-refractivity contribution in [1.82, 2.24) is 4.90 Å². The van der Waals surface area contributed by atoms with Crippen molar-refractivity contribution < 1.29 is 14.3 Å². The van der Waals surface area contributed by atoms with Gasteiger partial charge in [-0.05, 0) is 75.2 Å². The van der Waals surface area contributed by atoms with Crippen LogP contribution in [-0.4, -0.2) is 16.0 Å². The summed E-state index contributed by atoms with van der Waals surface area (Å²) < 4.78 is 6.56. The fraction of sp³-hybridized carbons (Fsp3) is 0.0800. The van der Waals surface area contributed by atoms with Crippen molar-refractivity contribution in [2.24, 2.45) is 0 Å². The van der Waals surface area contributed by atoms with E-state index in [1.807, 2.05) is 30.3 Å². The molecule has 0 N–H and O–H groups in total. The maximum atomic E-state index is 12.8. The second kappa shape index (κ2) is 10.3. The molecule has 2 amide bonds. The van der Waals surface area contributed by atoms with Crippen molar-refractivity contribution in [3.05, 3.63) is 103 Å². The van der Waals surface area contributed by atoms with E-state index in [1.54, 1.807) is 42.5 Å². The van der Waals surface area contributed by atoms with Crippen LogP contribution in [-0.2, 0) is 17.9 Å². The number of amides is 2. The molecule has 1 fully saturated rings. The van der Waals surface area contributed by atoms with Gasteiger partial charge in [0, 0.05) is 10.6 Å². The molecule has 3 aromatic rings. The molecule has 3 aromatic carbocycles. The number of nitrogens with zero attached hydrogens (tertiary/aromatic N) is 2. The predicted octanol–water partition coefficient (Wildman–Crippen LogP) is 6.79. The molecule has 0 spiro atoms. The molecule has 1 saturated heterocycles. The molecule has 4 rings (SSSR count). The van der Waals surface area contributed by atoms with Gasteiger partial charge in [0.25, 0.3) is 11.1 Å². The van der Waals surface area contributed by atoms with Crippen LogP contribution in [0.5, 0.6) is 5.75 Å². The maximum absolute atomic E-state index is 12.8. The topological polar surface area (TPSA) is 70.4 Å². The predicted molar refractivity (Wildman–Crippen MR) is 133 cm³/mol. The summed E-state index contributed by atoms with van der Waals surface area (Å²) in [6, 6.07) is 21.9. The molecular weight excluding hydrogens is 524 g/mol. The number of carbonyl (C=O) groups is 2. The molecule has 0 atom stereocenters. The summed E-state index contributed by atoms with van der Waals surface area (Å²) in [7, 11) is 0. The Labute approximate surface area is 208 Å². The van der Waals surface area contributed by atoms with Crippen LogP contribution in [0, 0.1) is 11.3 Å². The van der Waals surface area contributed by atoms with Gasteiger partial charge in [-0.15, -0.1) is 0 Å². The lowest BCUT2D eigenvalue weighted by atomic mass is 10.1. The summed E-state index contributed by atoms with van der Waals surface area (Å²) in [4.78, 5) is 26.8. The SMILES string of the molecule is N#Cc1ccccc1COc1ccc(/C=C2\SC(=O)N(Cc3ccc(Cl)cc3)C2=O)cc1Br. The number of nitriles is 1. The van der Waals surface area contributed by atoms with E-state index in [9.17, 15) is 14.9 Å². The summed E-state index contributed by atoms with van der Waals surface area (Å²) in [5, 5.41) is 9.50. The molecular formula is C25H16BrClN2O3S. The van der Waals surface area contributed by atoms with Gasteiger partial charge < -0.3 is 4.74 Å². The third-order valence-electron chi connectivity index (χ3n) is 4.90. The lowest BCUT2D eigenvalue weighted by Crippen LogP contribution is -2.27. The minimum Gasteiger partial charge on any atom is -0.488 e. The molecule has 0 saturated carbocycles. The molecule has 0 radical (unpaired) electrons. The highest BCUT2D eigenvalue weighted by molar-refractivity contribution is 9.10. The Bertz CT molecular complexity index is 1300. The highest BCUT2D eigenvalue weighted by atomic mass is 79.9. The zero-order chi connectivity index (χ0) is 23.4. The Morgan fingerprint density at radius 1 is 1.09 bits per heavy atom. The van der Waals surface area contributed by atoms with Crippen molar-refractivity contribution >= 4 is 56.5 Å². The van der Waals surface area contributed by atoms with Crippen LogP contribution in [0.15, 0.2) is 76.1 Å². The van der Waals surface area contributed by atoms with Gasteiger partial charge in [-0.3, -0.25) is 14.5 Å². The summed E-state index contributed by atoms with van der Waals surface area (Å²) >= 11 is 10.3. The summed E-state index contributed by atoms with van der Waals surface area (Å²) in [6.45, 7) is 0.449. The first kappa shape index (κ1) is 23.1. The average molecular weight is 540 g/mol. The quantitative estimate of drug-likeness (QED) is 0.323. The van der Waals surface area contributed by atoms with Crippen molar-refractivity contribution in [2.45, 2.75) is 13.2 Å². The molecule has 8 heteroatoms. The number of hydrogen-bond acceptors (Lipinski definition) is 5. The van der Waals surface area contributed by atoms with E-state index in [1.165, 1.54) is 4.90 Å². The highest BCUT2D eigenvalue weighted by Crippen LogP contribution is 2.35. The van der Waals surface area contributed by atoms with Crippen LogP contribution in [0.2, 0.25) is 5.02 Å². The van der Waals surface area contributed by atoms with Crippen LogP contribution in [0.3, 0.4) is 0 Å². The van der Waals surface area contributed by atoms with Gasteiger partial charge in [-0.25, -0.2) is 0 Å². The third kappa shape index (κ3) is 5.48. The first-order valence-electron chi connectivity index (χ1n) is 9.85. The maximum Gasteiger partial charge on any atom is 0.293 e. The second-order valence-electron chi connectivity index (χ2n) is 7.14. The Balaban J connectivity index is 1.46. The number of rotatable bonds is 6. The number of thioether (sulfide) groups is 1. The van der Waals surface area contributed by atoms with Crippen LogP contribution >= 0.6 is 39.3 Å². The van der Waals surface area contributed by atoms with E-state index in [4.69, 9.17) is 16.3 Å². The van der Waals surface area contributed by atoms with Crippen LogP contribution in [0.4, 0.5) is 4.79 Å². The fourth-order valence-electron chi connectivity index (χ4n) is 3.19. The van der Waals surface area contributed by atoms with Crippen LogP contribution in [0.1, 0.15) is 22.3 Å². The standard InChI is InChI=1S/C25H16BrClN2O3S/c26-21-11-17(7-10-22(21)32-15-19-4-2-1-3-18(19)13-28)12-23-24(30)29(25(31)33-23)14-16-5-8-20(27)9-6-16/h1-12H,14-15H2/b23-12-. The van der Waals surface area contributed by atoms with Crippen LogP contribution < -0.4 is 4.74 Å². The largest absolute Gasteiger partial charge is 0.488 e. The number of imide groups is 1. The van der Waals surface area contributed by atoms with Gasteiger partial charge in [0.2, 0.25) is 0 Å². The van der Waals surface area contributed by atoms with Crippen molar-refractivity contribution in [2.75, 3.05) is 0 Å². The lowest BCUT2D eigenvalue weighted by Gasteiger charge is -2.12. The fourth-order valence-corrected chi connectivity index (χ4v) is 4.67. The van der Waals surface area contributed by atoms with E-state index < -0.39 is 0 Å². The summed E-state index contributed by atoms with van der Waals surface area (Å²) in [5.74, 6) is 0.278. The lowest BCUT2D eigenvalue weighted by molar-refractivity contribution is -0.123. The number of halogens is 2. The van der Waals surface area contributed by atoms with Gasteiger partial charge in [0.05, 0.1) is 27.6 Å². The molecule has 0 aromatic heterocycles. The van der Waals surface area contributed by atoms with Gasteiger partial charge in [0.1, 0.15) is 12.4 Å². The van der Waals surface area contributed by atoms with E-state index in [0.29, 0.717) is 25.7 Å². The van der Waals surface area contributed by atoms with Gasteiger partial charge >= 0.3 is 0 Å². The van der Waals surface area contributed by atoms with E-state index >= 15 is 0 Å². The molecule has 0 unspecified atom stereocenters. The average Bonchev–Trinajstić information content (AvgIpc) is 3.07. The number of carbonyl (C=O) groups excluding carboxylic acids is 2. The number of benzene rings is 3. The van der Waals surface area contributed by atoms with Crippen LogP contribution in [0.25, 0.3) is 6.08 Å². The monoisotopic (exact) mass is 538 g/mol. The molecule has 33 heavy (non-hydrogen) atoms. The van der Waals surface area contributed by atoms with E-state index in [0.717, 1.165) is 28.5 Å². The molecule has 0 bridgehead atoms. The zero-order valence-electron chi connectivity index (χ0n) is 17.1. The van der Waals surface area contributed by atoms with Gasteiger partial charge in [-0.1, -0.05) is 48.0 Å². The smallest absolute Gasteiger partial charge is 0.293 e. The Hall–Kier alpha value is -3.05. The molecule has 5 nitrogen and oxygen atoms in total. The van der Waals surface area contributed by atoms with E-state index in [2.05, 4.69) is 22.0 Å². The third-order valence-corrected chi connectivity index (χ3v) is 6.68. The molecule has 1 heterocycles. The van der Waals surface area contributed by atoms with Gasteiger partial charge in [0.15, 0.2) is 0 Å². The van der Waals surface area contributed by atoms with Crippen molar-refractivity contribution in [3.63, 3.8) is 0 Å². The summed E-state index contributed by atoms with van der Waals surface area (Å²) in [6.07, 6.45) is 1.69. The summed E-state index contributed by atoms with van der Waals surface area (Å²) in [5.41, 5.74) is 2.94. The first-order chi connectivity index (χ1) is 15.9. The van der Waals surface area contributed by atoms with Gasteiger partial charge in [-0.2, -0.15) is 5.26 Å². The van der Waals surface area contributed by atoms with Crippen molar-refractivity contribution in [1.29, 1.82) is 5.26 Å². The second-order valence-corrected chi connectivity index (χ2v) is 9.43. The Kier molecular flexibility index (Phi) is 7.19. The zero-order valence-corrected chi connectivity index (χ0v) is 20.3. The normalized spacial score (nSPS) is 14.6. The Morgan fingerprint density at radius 2 is 1.85 bits per heavy atom. The molecule has 164 valence electrons. The minimum atomic E-state index is -0.329. The van der Waals surface area contributed by atoms with E-state index in [-0.39, 0.29) is 24.3 Å². The molecule has 0 aliphatic carbocycles. The Morgan fingerprint density at radius 3 is 2.58 bits per heavy atom. The highest BCUT2D eigenvalue weighted by Gasteiger charge is 2.35. The first-order valence-corrected chi connectivity index (χ1v) is 11.8. The number of hydrogen-bond donors (Lipinski definition) is 0. The number of ether oxygens (including phenoxy) is 1. The molecule has 1 aliphatic rings. The molecule has 1 aliphatic heterocycles.